The van der Waals surface area contributed by atoms with Gasteiger partial charge in [0.1, 0.15) is 13.2 Å². The normalized spacial score (nSPS) is 14.3. The van der Waals surface area contributed by atoms with Crippen molar-refractivity contribution in [2.45, 2.75) is 257 Å². The zero-order valence-corrected chi connectivity index (χ0v) is 41.3. The number of aliphatic hydroxyl groups is 1. The van der Waals surface area contributed by atoms with Gasteiger partial charge in [0.2, 0.25) is 5.91 Å². The van der Waals surface area contributed by atoms with Crippen LogP contribution in [0.1, 0.15) is 245 Å². The fourth-order valence-electron chi connectivity index (χ4n) is 7.58. The highest BCUT2D eigenvalue weighted by Crippen LogP contribution is 2.38. The highest BCUT2D eigenvalue weighted by Gasteiger charge is 2.23. The first-order valence-electron chi connectivity index (χ1n) is 25.7. The Bertz CT molecular complexity index is 1030. The quantitative estimate of drug-likeness (QED) is 0.0273. The molecule has 2 N–H and O–H groups in total. The average Bonchev–Trinajstić information content (AvgIpc) is 3.20. The number of carbonyl (C=O) groups excluding carboxylic acids is 1. The third-order valence-electron chi connectivity index (χ3n) is 11.7. The average molecular weight is 869 g/mol. The molecular formula is C51H101N2O6P. The van der Waals surface area contributed by atoms with Crippen LogP contribution in [-0.2, 0) is 18.4 Å². The summed E-state index contributed by atoms with van der Waals surface area (Å²) in [5.41, 5.74) is 0. The van der Waals surface area contributed by atoms with E-state index in [0.717, 1.165) is 38.5 Å². The largest absolute Gasteiger partial charge is 0.756 e. The molecule has 0 aromatic carbocycles. The fraction of sp³-hybridized carbons (Fsp3) is 0.902. The number of carbonyl (C=O) groups is 1. The van der Waals surface area contributed by atoms with Crippen LogP contribution in [0.2, 0.25) is 0 Å². The zero-order valence-electron chi connectivity index (χ0n) is 40.4. The molecule has 356 valence electrons. The number of phosphoric ester groups is 1. The van der Waals surface area contributed by atoms with Crippen LogP contribution >= 0.6 is 7.82 Å². The van der Waals surface area contributed by atoms with Gasteiger partial charge in [0.05, 0.1) is 39.9 Å². The molecule has 0 saturated heterocycles. The third-order valence-corrected chi connectivity index (χ3v) is 12.6. The van der Waals surface area contributed by atoms with Gasteiger partial charge in [-0.15, -0.1) is 0 Å². The van der Waals surface area contributed by atoms with E-state index >= 15 is 0 Å². The number of allylic oxidation sites excluding steroid dienone is 3. The van der Waals surface area contributed by atoms with Crippen molar-refractivity contribution in [2.24, 2.45) is 0 Å². The van der Waals surface area contributed by atoms with Crippen molar-refractivity contribution < 1.29 is 32.9 Å². The summed E-state index contributed by atoms with van der Waals surface area (Å²) in [5, 5.41) is 13.8. The van der Waals surface area contributed by atoms with Crippen LogP contribution in [0.4, 0.5) is 0 Å². The summed E-state index contributed by atoms with van der Waals surface area (Å²) in [7, 11) is 1.25. The second-order valence-electron chi connectivity index (χ2n) is 18.9. The molecule has 3 atom stereocenters. The van der Waals surface area contributed by atoms with Crippen molar-refractivity contribution in [3.63, 3.8) is 0 Å². The molecule has 0 fully saturated rings. The number of nitrogens with zero attached hydrogens (tertiary/aromatic N) is 1. The van der Waals surface area contributed by atoms with Gasteiger partial charge in [-0.05, 0) is 32.1 Å². The van der Waals surface area contributed by atoms with Gasteiger partial charge in [-0.3, -0.25) is 9.36 Å². The molecule has 3 unspecified atom stereocenters. The first-order valence-corrected chi connectivity index (χ1v) is 27.2. The van der Waals surface area contributed by atoms with Crippen LogP contribution in [0.15, 0.2) is 24.3 Å². The van der Waals surface area contributed by atoms with Gasteiger partial charge in [0, 0.05) is 6.42 Å². The molecule has 0 saturated carbocycles. The minimum Gasteiger partial charge on any atom is -0.756 e. The molecule has 0 bridgehead atoms. The number of phosphoric acid groups is 1. The number of amides is 1. The fourth-order valence-corrected chi connectivity index (χ4v) is 8.30. The first-order chi connectivity index (χ1) is 29.0. The van der Waals surface area contributed by atoms with Crippen LogP contribution < -0.4 is 10.2 Å². The monoisotopic (exact) mass is 869 g/mol. The number of hydrogen-bond donors (Lipinski definition) is 2. The number of rotatable bonds is 47. The van der Waals surface area contributed by atoms with Crippen LogP contribution in [0.25, 0.3) is 0 Å². The Hall–Kier alpha value is -1.02. The summed E-state index contributed by atoms with van der Waals surface area (Å²) in [6.07, 6.45) is 52.4. The Kier molecular flexibility index (Phi) is 42.5. The zero-order chi connectivity index (χ0) is 44.3. The van der Waals surface area contributed by atoms with E-state index in [9.17, 15) is 19.4 Å². The van der Waals surface area contributed by atoms with Crippen molar-refractivity contribution in [1.29, 1.82) is 0 Å². The van der Waals surface area contributed by atoms with Crippen molar-refractivity contribution in [1.82, 2.24) is 5.32 Å². The summed E-state index contributed by atoms with van der Waals surface area (Å²) in [6.45, 7) is 4.66. The predicted octanol–water partition coefficient (Wildman–Crippen LogP) is 14.2. The van der Waals surface area contributed by atoms with Gasteiger partial charge >= 0.3 is 0 Å². The van der Waals surface area contributed by atoms with Crippen molar-refractivity contribution >= 4 is 13.7 Å². The van der Waals surface area contributed by atoms with Gasteiger partial charge < -0.3 is 28.8 Å². The maximum absolute atomic E-state index is 12.9. The highest BCUT2D eigenvalue weighted by molar-refractivity contribution is 7.45. The first kappa shape index (κ1) is 59.0. The van der Waals surface area contributed by atoms with E-state index in [1.165, 1.54) is 186 Å². The Morgan fingerprint density at radius 1 is 0.567 bits per heavy atom. The standard InChI is InChI=1S/C51H101N2O6P/c1-6-8-10-12-14-16-18-20-22-24-25-26-27-29-30-32-34-36-38-40-42-44-50(54)49(48-59-60(56,57)58-47-46-53(3,4)5)52-51(55)45-43-41-39-37-35-33-31-28-23-21-19-17-15-13-11-9-7-2/h34,36,42,44,49-50,54H,6-33,35,37-41,43,45-48H2,1-5H3,(H-,52,55,56,57)/b36-34+,44-42+. The molecule has 0 rings (SSSR count). The maximum atomic E-state index is 12.9. The van der Waals surface area contributed by atoms with E-state index in [4.69, 9.17) is 9.05 Å². The molecular weight excluding hydrogens is 768 g/mol. The van der Waals surface area contributed by atoms with E-state index < -0.39 is 20.0 Å². The van der Waals surface area contributed by atoms with Crippen molar-refractivity contribution in [3.8, 4) is 0 Å². The Labute approximate surface area is 373 Å². The van der Waals surface area contributed by atoms with E-state index in [2.05, 4.69) is 31.3 Å². The number of quaternary nitrogens is 1. The van der Waals surface area contributed by atoms with E-state index in [0.29, 0.717) is 17.4 Å². The van der Waals surface area contributed by atoms with Gasteiger partial charge in [-0.2, -0.15) is 0 Å². The summed E-state index contributed by atoms with van der Waals surface area (Å²) >= 11 is 0. The second-order valence-corrected chi connectivity index (χ2v) is 20.3. The minimum absolute atomic E-state index is 0.00394. The summed E-state index contributed by atoms with van der Waals surface area (Å²) in [6, 6.07) is -0.899. The van der Waals surface area contributed by atoms with E-state index in [-0.39, 0.29) is 19.1 Å². The molecule has 0 heterocycles. The molecule has 0 aromatic heterocycles. The van der Waals surface area contributed by atoms with E-state index in [1.807, 2.05) is 27.2 Å². The second kappa shape index (κ2) is 43.2. The smallest absolute Gasteiger partial charge is 0.268 e. The van der Waals surface area contributed by atoms with Gasteiger partial charge in [-0.1, -0.05) is 231 Å². The summed E-state index contributed by atoms with van der Waals surface area (Å²) in [4.78, 5) is 25.4. The summed E-state index contributed by atoms with van der Waals surface area (Å²) < 4.78 is 23.3. The van der Waals surface area contributed by atoms with Crippen LogP contribution in [0, 0.1) is 0 Å². The SMILES string of the molecule is CCCCCCCCCCCCCCCCC/C=C/CC/C=C/C(O)C(COP(=O)([O-])OCC[N+](C)(C)C)NC(=O)CCCCCCCCCCCCCCCCCCC. The number of hydrogen-bond acceptors (Lipinski definition) is 6. The molecule has 1 amide bonds. The lowest BCUT2D eigenvalue weighted by atomic mass is 10.0. The van der Waals surface area contributed by atoms with Crippen LogP contribution in [0.3, 0.4) is 0 Å². The number of unbranched alkanes of at least 4 members (excludes halogenated alkanes) is 32. The van der Waals surface area contributed by atoms with Crippen molar-refractivity contribution in [2.75, 3.05) is 40.9 Å². The lowest BCUT2D eigenvalue weighted by Gasteiger charge is -2.29. The topological polar surface area (TPSA) is 108 Å². The number of aliphatic hydroxyl groups excluding tert-OH is 1. The third kappa shape index (κ3) is 45.0. The number of nitrogens with one attached hydrogen (secondary N) is 1. The molecule has 0 aliphatic carbocycles. The Balaban J connectivity index is 4.34. The van der Waals surface area contributed by atoms with E-state index in [1.54, 1.807) is 6.08 Å². The minimum atomic E-state index is -4.60. The molecule has 0 aliphatic rings. The molecule has 0 spiro atoms. The molecule has 8 nitrogen and oxygen atoms in total. The molecule has 60 heavy (non-hydrogen) atoms. The molecule has 0 aliphatic heterocycles. The van der Waals surface area contributed by atoms with Gasteiger partial charge in [0.15, 0.2) is 0 Å². The molecule has 9 heteroatoms. The lowest BCUT2D eigenvalue weighted by molar-refractivity contribution is -0.870. The highest BCUT2D eigenvalue weighted by atomic mass is 31.2. The van der Waals surface area contributed by atoms with Gasteiger partial charge in [0.25, 0.3) is 7.82 Å². The van der Waals surface area contributed by atoms with Crippen LogP contribution in [0.5, 0.6) is 0 Å². The summed E-state index contributed by atoms with van der Waals surface area (Å²) in [5.74, 6) is -0.203. The van der Waals surface area contributed by atoms with Gasteiger partial charge in [-0.25, -0.2) is 0 Å². The number of likely N-dealkylation sites (N-methyl/N-ethyl adjacent to an activating group) is 1. The van der Waals surface area contributed by atoms with Crippen LogP contribution in [-0.4, -0.2) is 68.5 Å². The molecule has 0 aromatic rings. The maximum Gasteiger partial charge on any atom is 0.268 e. The Morgan fingerprint density at radius 3 is 1.35 bits per heavy atom. The molecule has 0 radical (unpaired) electrons. The Morgan fingerprint density at radius 2 is 0.933 bits per heavy atom. The lowest BCUT2D eigenvalue weighted by Crippen LogP contribution is -2.45. The predicted molar refractivity (Wildman–Crippen MR) is 256 cm³/mol. The van der Waals surface area contributed by atoms with Crippen molar-refractivity contribution in [3.05, 3.63) is 24.3 Å².